The average molecular weight is 462 g/mol. The highest BCUT2D eigenvalue weighted by Gasteiger charge is 2.09. The minimum Gasteiger partial charge on any atom is -0.466 e. The zero-order valence-corrected chi connectivity index (χ0v) is 21.2. The molecule has 0 bridgehead atoms. The van der Waals surface area contributed by atoms with Crippen LogP contribution in [-0.2, 0) is 14.3 Å². The molecule has 0 spiro atoms. The van der Waals surface area contributed by atoms with Crippen molar-refractivity contribution in [3.63, 3.8) is 0 Å². The molecule has 1 aromatic rings. The number of rotatable bonds is 21. The van der Waals surface area contributed by atoms with Gasteiger partial charge < -0.3 is 14.8 Å². The Morgan fingerprint density at radius 1 is 0.697 bits per heavy atom. The normalized spacial score (nSPS) is 10.7. The molecule has 0 heterocycles. The molecule has 0 fully saturated rings. The third-order valence-electron chi connectivity index (χ3n) is 5.82. The average Bonchev–Trinajstić information content (AvgIpc) is 2.82. The van der Waals surface area contributed by atoms with Crippen molar-refractivity contribution in [2.75, 3.05) is 25.1 Å². The lowest BCUT2D eigenvalue weighted by molar-refractivity contribution is -0.143. The number of anilines is 1. The summed E-state index contributed by atoms with van der Waals surface area (Å²) < 4.78 is 9.93. The Bertz CT molecular complexity index is 615. The van der Waals surface area contributed by atoms with Crippen molar-refractivity contribution in [2.24, 2.45) is 0 Å². The van der Waals surface area contributed by atoms with Crippen molar-refractivity contribution >= 4 is 17.6 Å². The molecular formula is C28H47NO4. The van der Waals surface area contributed by atoms with Crippen LogP contribution in [-0.4, -0.2) is 31.7 Å². The smallest absolute Gasteiger partial charge is 0.338 e. The number of hydrogen-bond donors (Lipinski definition) is 1. The van der Waals surface area contributed by atoms with Crippen molar-refractivity contribution in [3.8, 4) is 0 Å². The van der Waals surface area contributed by atoms with Gasteiger partial charge in [-0.2, -0.15) is 0 Å². The summed E-state index contributed by atoms with van der Waals surface area (Å²) in [5, 5.41) is 3.41. The Hall–Kier alpha value is -2.04. The topological polar surface area (TPSA) is 64.6 Å². The fourth-order valence-corrected chi connectivity index (χ4v) is 3.82. The highest BCUT2D eigenvalue weighted by atomic mass is 16.5. The van der Waals surface area contributed by atoms with E-state index in [-0.39, 0.29) is 19.0 Å². The number of nitrogens with one attached hydrogen (secondary N) is 1. The van der Waals surface area contributed by atoms with Crippen LogP contribution in [0.4, 0.5) is 5.69 Å². The summed E-state index contributed by atoms with van der Waals surface area (Å²) in [4.78, 5) is 23.3. The summed E-state index contributed by atoms with van der Waals surface area (Å²) in [6.45, 7) is 5.34. The molecule has 0 aliphatic rings. The van der Waals surface area contributed by atoms with Gasteiger partial charge in [0.15, 0.2) is 0 Å². The molecule has 0 unspecified atom stereocenters. The van der Waals surface area contributed by atoms with Crippen LogP contribution in [0.5, 0.6) is 0 Å². The van der Waals surface area contributed by atoms with Crippen molar-refractivity contribution in [1.82, 2.24) is 0 Å². The lowest BCUT2D eigenvalue weighted by atomic mass is 10.0. The number of carbonyl (C=O) groups is 2. The largest absolute Gasteiger partial charge is 0.466 e. The first-order valence-corrected chi connectivity index (χ1v) is 13.3. The fraction of sp³-hybridized carbons (Fsp3) is 0.714. The van der Waals surface area contributed by atoms with E-state index in [0.717, 1.165) is 18.7 Å². The third-order valence-corrected chi connectivity index (χ3v) is 5.82. The first kappa shape index (κ1) is 29.0. The van der Waals surface area contributed by atoms with Gasteiger partial charge >= 0.3 is 11.9 Å². The number of benzene rings is 1. The molecular weight excluding hydrogens is 414 g/mol. The predicted octanol–water partition coefficient (Wildman–Crippen LogP) is 7.69. The second kappa shape index (κ2) is 20.6. The number of ether oxygens (including phenoxy) is 2. The first-order chi connectivity index (χ1) is 16.2. The standard InChI is InChI=1S/C28H47NO4/c1-3-5-6-7-8-9-10-11-12-13-14-15-16-17-23-29-26-20-18-25(19-21-26)28(31)33-24-22-27(30)32-4-2/h18-21,29H,3-17,22-24H2,1-2H3. The van der Waals surface area contributed by atoms with Gasteiger partial charge in [0, 0.05) is 12.2 Å². The van der Waals surface area contributed by atoms with E-state index in [1.807, 2.05) is 12.1 Å². The first-order valence-electron chi connectivity index (χ1n) is 13.3. The second-order valence-electron chi connectivity index (χ2n) is 8.79. The number of hydrogen-bond acceptors (Lipinski definition) is 5. The quantitative estimate of drug-likeness (QED) is 0.150. The Balaban J connectivity index is 1.97. The minimum atomic E-state index is -0.419. The summed E-state index contributed by atoms with van der Waals surface area (Å²) in [5.41, 5.74) is 1.49. The monoisotopic (exact) mass is 461 g/mol. The lowest BCUT2D eigenvalue weighted by Gasteiger charge is -2.08. The van der Waals surface area contributed by atoms with Gasteiger partial charge in [0.05, 0.1) is 18.6 Å². The maximum atomic E-state index is 12.0. The molecule has 5 nitrogen and oxygen atoms in total. The van der Waals surface area contributed by atoms with Crippen molar-refractivity contribution in [1.29, 1.82) is 0 Å². The summed E-state index contributed by atoms with van der Waals surface area (Å²) in [7, 11) is 0. The molecule has 5 heteroatoms. The maximum Gasteiger partial charge on any atom is 0.338 e. The van der Waals surface area contributed by atoms with E-state index < -0.39 is 5.97 Å². The van der Waals surface area contributed by atoms with Crippen LogP contribution in [0.3, 0.4) is 0 Å². The molecule has 0 aliphatic carbocycles. The van der Waals surface area contributed by atoms with Gasteiger partial charge in [0.1, 0.15) is 6.61 Å². The van der Waals surface area contributed by atoms with E-state index in [2.05, 4.69) is 12.2 Å². The van der Waals surface area contributed by atoms with Crippen LogP contribution < -0.4 is 5.32 Å². The lowest BCUT2D eigenvalue weighted by Crippen LogP contribution is -2.12. The Labute approximate surface area is 202 Å². The van der Waals surface area contributed by atoms with Crippen molar-refractivity contribution in [3.05, 3.63) is 29.8 Å². The van der Waals surface area contributed by atoms with Gasteiger partial charge in [0.25, 0.3) is 0 Å². The van der Waals surface area contributed by atoms with E-state index in [9.17, 15) is 9.59 Å². The summed E-state index contributed by atoms with van der Waals surface area (Å²) in [6, 6.07) is 7.29. The van der Waals surface area contributed by atoms with E-state index in [1.165, 1.54) is 83.5 Å². The van der Waals surface area contributed by atoms with E-state index >= 15 is 0 Å². The molecule has 0 aromatic heterocycles. The SMILES string of the molecule is CCCCCCCCCCCCCCCCNc1ccc(C(=O)OCCC(=O)OCC)cc1. The molecule has 0 atom stereocenters. The zero-order chi connectivity index (χ0) is 24.0. The Morgan fingerprint density at radius 3 is 1.73 bits per heavy atom. The molecule has 0 aliphatic heterocycles. The highest BCUT2D eigenvalue weighted by molar-refractivity contribution is 5.90. The van der Waals surface area contributed by atoms with Crippen LogP contribution in [0.25, 0.3) is 0 Å². The zero-order valence-electron chi connectivity index (χ0n) is 21.2. The molecule has 0 amide bonds. The highest BCUT2D eigenvalue weighted by Crippen LogP contribution is 2.14. The van der Waals surface area contributed by atoms with Gasteiger partial charge in [0.2, 0.25) is 0 Å². The molecule has 0 saturated carbocycles. The molecule has 33 heavy (non-hydrogen) atoms. The predicted molar refractivity (Wildman–Crippen MR) is 137 cm³/mol. The van der Waals surface area contributed by atoms with Crippen LogP contribution in [0.2, 0.25) is 0 Å². The molecule has 0 saturated heterocycles. The van der Waals surface area contributed by atoms with E-state index in [4.69, 9.17) is 9.47 Å². The van der Waals surface area contributed by atoms with E-state index in [1.54, 1.807) is 19.1 Å². The minimum absolute atomic E-state index is 0.0385. The fourth-order valence-electron chi connectivity index (χ4n) is 3.82. The Kier molecular flexibility index (Phi) is 18.1. The van der Waals surface area contributed by atoms with Crippen LogP contribution in [0.15, 0.2) is 24.3 Å². The number of unbranched alkanes of at least 4 members (excludes halogenated alkanes) is 13. The summed E-state index contributed by atoms with van der Waals surface area (Å²) in [6.07, 6.45) is 19.2. The van der Waals surface area contributed by atoms with Crippen molar-refractivity contribution < 1.29 is 19.1 Å². The molecule has 1 N–H and O–H groups in total. The Morgan fingerprint density at radius 2 is 1.21 bits per heavy atom. The van der Waals surface area contributed by atoms with Crippen LogP contribution >= 0.6 is 0 Å². The van der Waals surface area contributed by atoms with Gasteiger partial charge in [-0.15, -0.1) is 0 Å². The van der Waals surface area contributed by atoms with Crippen LogP contribution in [0, 0.1) is 0 Å². The molecule has 1 aromatic carbocycles. The van der Waals surface area contributed by atoms with Gasteiger partial charge in [-0.05, 0) is 37.6 Å². The second-order valence-corrected chi connectivity index (χ2v) is 8.79. The molecule has 188 valence electrons. The van der Waals surface area contributed by atoms with Gasteiger partial charge in [-0.1, -0.05) is 90.4 Å². The van der Waals surface area contributed by atoms with Gasteiger partial charge in [-0.3, -0.25) is 4.79 Å². The van der Waals surface area contributed by atoms with E-state index in [0.29, 0.717) is 12.2 Å². The molecule has 1 rings (SSSR count). The van der Waals surface area contributed by atoms with Crippen molar-refractivity contribution in [2.45, 2.75) is 110 Å². The van der Waals surface area contributed by atoms with Gasteiger partial charge in [-0.25, -0.2) is 4.79 Å². The number of esters is 2. The third kappa shape index (κ3) is 16.3. The summed E-state index contributed by atoms with van der Waals surface area (Å²) in [5.74, 6) is -0.772. The molecule has 0 radical (unpaired) electrons. The number of carbonyl (C=O) groups excluding carboxylic acids is 2. The maximum absolute atomic E-state index is 12.0. The summed E-state index contributed by atoms with van der Waals surface area (Å²) >= 11 is 0. The van der Waals surface area contributed by atoms with Crippen LogP contribution in [0.1, 0.15) is 121 Å².